The van der Waals surface area contributed by atoms with Crippen LogP contribution in [0.25, 0.3) is 10.9 Å². The first kappa shape index (κ1) is 14.4. The Balaban J connectivity index is 1.79. The minimum absolute atomic E-state index is 0.214. The largest absolute Gasteiger partial charge is 0.449 e. The number of nitrogens with zero attached hydrogens (tertiary/aromatic N) is 1. The van der Waals surface area contributed by atoms with Crippen LogP contribution in [0.5, 0.6) is 0 Å². The average molecular weight is 351 g/mol. The second-order valence-electron chi connectivity index (χ2n) is 5.91. The van der Waals surface area contributed by atoms with Crippen LogP contribution in [-0.4, -0.2) is 29.1 Å². The van der Waals surface area contributed by atoms with Crippen molar-refractivity contribution in [1.82, 2.24) is 9.88 Å². The number of rotatable bonds is 2. The zero-order valence-corrected chi connectivity index (χ0v) is 13.9. The number of ether oxygens (including phenoxy) is 1. The predicted octanol–water partition coefficient (Wildman–Crippen LogP) is 4.08. The molecule has 0 spiro atoms. The Morgan fingerprint density at radius 1 is 1.48 bits per heavy atom. The minimum atomic E-state index is -0.214. The molecule has 2 heterocycles. The first-order valence-electron chi connectivity index (χ1n) is 7.25. The molecule has 0 aliphatic carbocycles. The summed E-state index contributed by atoms with van der Waals surface area (Å²) in [6.07, 6.45) is 0.650. The van der Waals surface area contributed by atoms with E-state index >= 15 is 0 Å². The van der Waals surface area contributed by atoms with E-state index < -0.39 is 0 Å². The van der Waals surface area contributed by atoms with Gasteiger partial charge in [-0.1, -0.05) is 29.8 Å². The maximum absolute atomic E-state index is 12.1. The van der Waals surface area contributed by atoms with Gasteiger partial charge in [-0.3, -0.25) is 0 Å². The number of hydrogen-bond acceptors (Lipinski definition) is 2. The van der Waals surface area contributed by atoms with Gasteiger partial charge in [0.25, 0.3) is 0 Å². The standard InChI is InChI=1S/C16H19BrN2O2/c1-10(2)9-21-16(20)19-6-5-12-13-7-11(17)3-4-14(13)18-15(12)8-19/h3-4,7,10,18H,5-6,8-9H2,1-2H3. The highest BCUT2D eigenvalue weighted by atomic mass is 79.9. The smallest absolute Gasteiger partial charge is 0.410 e. The lowest BCUT2D eigenvalue weighted by molar-refractivity contribution is 0.0876. The number of aromatic amines is 1. The van der Waals surface area contributed by atoms with E-state index in [2.05, 4.69) is 33.0 Å². The van der Waals surface area contributed by atoms with Crippen molar-refractivity contribution in [2.75, 3.05) is 13.2 Å². The van der Waals surface area contributed by atoms with Crippen LogP contribution in [0.15, 0.2) is 22.7 Å². The second kappa shape index (κ2) is 5.72. The minimum Gasteiger partial charge on any atom is -0.449 e. The molecule has 0 bridgehead atoms. The van der Waals surface area contributed by atoms with Gasteiger partial charge in [0.15, 0.2) is 0 Å². The number of fused-ring (bicyclic) bond motifs is 3. The van der Waals surface area contributed by atoms with Gasteiger partial charge in [-0.25, -0.2) is 4.79 Å². The molecule has 4 nitrogen and oxygen atoms in total. The SMILES string of the molecule is CC(C)COC(=O)N1CCc2c([nH]c3ccc(Br)cc23)C1. The molecule has 1 aromatic heterocycles. The van der Waals surface area contributed by atoms with Crippen LogP contribution in [0.3, 0.4) is 0 Å². The van der Waals surface area contributed by atoms with E-state index in [-0.39, 0.29) is 6.09 Å². The second-order valence-corrected chi connectivity index (χ2v) is 6.83. The highest BCUT2D eigenvalue weighted by molar-refractivity contribution is 9.10. The van der Waals surface area contributed by atoms with Crippen LogP contribution < -0.4 is 0 Å². The predicted molar refractivity (Wildman–Crippen MR) is 86.3 cm³/mol. The number of H-pyrrole nitrogens is 1. The van der Waals surface area contributed by atoms with Crippen LogP contribution in [0.2, 0.25) is 0 Å². The lowest BCUT2D eigenvalue weighted by Crippen LogP contribution is -2.36. The molecular weight excluding hydrogens is 332 g/mol. The van der Waals surface area contributed by atoms with Gasteiger partial charge in [-0.15, -0.1) is 0 Å². The van der Waals surface area contributed by atoms with Gasteiger partial charge in [0.2, 0.25) is 0 Å². The Morgan fingerprint density at radius 3 is 3.05 bits per heavy atom. The van der Waals surface area contributed by atoms with E-state index in [1.165, 1.54) is 10.9 Å². The van der Waals surface area contributed by atoms with Crippen LogP contribution >= 0.6 is 15.9 Å². The van der Waals surface area contributed by atoms with E-state index in [4.69, 9.17) is 4.74 Å². The summed E-state index contributed by atoms with van der Waals surface area (Å²) in [7, 11) is 0. The fourth-order valence-electron chi connectivity index (χ4n) is 2.70. The Bertz CT molecular complexity index is 678. The topological polar surface area (TPSA) is 45.3 Å². The number of aromatic nitrogens is 1. The molecule has 3 rings (SSSR count). The first-order chi connectivity index (χ1) is 10.0. The Kier molecular flexibility index (Phi) is 3.93. The highest BCUT2D eigenvalue weighted by Gasteiger charge is 2.24. The third kappa shape index (κ3) is 2.93. The Morgan fingerprint density at radius 2 is 2.29 bits per heavy atom. The van der Waals surface area contributed by atoms with Gasteiger partial charge in [0.1, 0.15) is 0 Å². The molecule has 0 fully saturated rings. The van der Waals surface area contributed by atoms with Gasteiger partial charge in [0, 0.05) is 27.6 Å². The summed E-state index contributed by atoms with van der Waals surface area (Å²) in [5, 5.41) is 1.24. The lowest BCUT2D eigenvalue weighted by atomic mass is 10.0. The number of nitrogens with one attached hydrogen (secondary N) is 1. The summed E-state index contributed by atoms with van der Waals surface area (Å²) in [6, 6.07) is 6.23. The summed E-state index contributed by atoms with van der Waals surface area (Å²) in [6.45, 7) is 5.86. The molecule has 0 saturated carbocycles. The maximum atomic E-state index is 12.1. The number of halogens is 1. The fourth-order valence-corrected chi connectivity index (χ4v) is 3.06. The van der Waals surface area contributed by atoms with Crippen molar-refractivity contribution in [3.8, 4) is 0 Å². The molecule has 1 aliphatic rings. The average Bonchev–Trinajstić information content (AvgIpc) is 2.81. The monoisotopic (exact) mass is 350 g/mol. The van der Waals surface area contributed by atoms with E-state index in [0.29, 0.717) is 25.6 Å². The van der Waals surface area contributed by atoms with Gasteiger partial charge < -0.3 is 14.6 Å². The van der Waals surface area contributed by atoms with Crippen molar-refractivity contribution in [1.29, 1.82) is 0 Å². The van der Waals surface area contributed by atoms with Gasteiger partial charge in [0.05, 0.1) is 13.2 Å². The fraction of sp³-hybridized carbons (Fsp3) is 0.438. The molecule has 1 aliphatic heterocycles. The van der Waals surface area contributed by atoms with Crippen molar-refractivity contribution in [2.24, 2.45) is 5.92 Å². The van der Waals surface area contributed by atoms with Crippen molar-refractivity contribution < 1.29 is 9.53 Å². The van der Waals surface area contributed by atoms with Crippen molar-refractivity contribution in [3.63, 3.8) is 0 Å². The molecule has 112 valence electrons. The van der Waals surface area contributed by atoms with E-state index in [1.807, 2.05) is 19.9 Å². The van der Waals surface area contributed by atoms with Crippen LogP contribution in [0, 0.1) is 5.92 Å². The van der Waals surface area contributed by atoms with Crippen LogP contribution in [-0.2, 0) is 17.7 Å². The van der Waals surface area contributed by atoms with Crippen molar-refractivity contribution >= 4 is 32.9 Å². The highest BCUT2D eigenvalue weighted by Crippen LogP contribution is 2.29. The number of hydrogen-bond donors (Lipinski definition) is 1. The molecule has 0 unspecified atom stereocenters. The van der Waals surface area contributed by atoms with Crippen LogP contribution in [0.4, 0.5) is 4.79 Å². The summed E-state index contributed by atoms with van der Waals surface area (Å²) in [4.78, 5) is 17.3. The van der Waals surface area contributed by atoms with E-state index in [1.54, 1.807) is 4.90 Å². The molecule has 0 radical (unpaired) electrons. The number of benzene rings is 1. The van der Waals surface area contributed by atoms with Gasteiger partial charge >= 0.3 is 6.09 Å². The molecule has 1 N–H and O–H groups in total. The zero-order chi connectivity index (χ0) is 15.0. The van der Waals surface area contributed by atoms with Crippen molar-refractivity contribution in [3.05, 3.63) is 33.9 Å². The van der Waals surface area contributed by atoms with Gasteiger partial charge in [-0.2, -0.15) is 0 Å². The summed E-state index contributed by atoms with van der Waals surface area (Å²) in [5.74, 6) is 0.361. The van der Waals surface area contributed by atoms with Gasteiger partial charge in [-0.05, 0) is 36.1 Å². The first-order valence-corrected chi connectivity index (χ1v) is 8.04. The zero-order valence-electron chi connectivity index (χ0n) is 12.3. The maximum Gasteiger partial charge on any atom is 0.410 e. The normalized spacial score (nSPS) is 14.6. The van der Waals surface area contributed by atoms with Crippen LogP contribution in [0.1, 0.15) is 25.1 Å². The Labute approximate surface area is 132 Å². The summed E-state index contributed by atoms with van der Waals surface area (Å²) < 4.78 is 6.40. The third-order valence-corrected chi connectivity index (χ3v) is 4.23. The third-order valence-electron chi connectivity index (χ3n) is 3.74. The quantitative estimate of drug-likeness (QED) is 0.886. The molecule has 1 amide bonds. The molecule has 1 aromatic carbocycles. The lowest BCUT2D eigenvalue weighted by Gasteiger charge is -2.26. The number of amides is 1. The summed E-state index contributed by atoms with van der Waals surface area (Å²) in [5.41, 5.74) is 3.57. The molecule has 21 heavy (non-hydrogen) atoms. The number of carbonyl (C=O) groups excluding carboxylic acids is 1. The molecular formula is C16H19BrN2O2. The number of carbonyl (C=O) groups is 1. The van der Waals surface area contributed by atoms with Crippen molar-refractivity contribution in [2.45, 2.75) is 26.8 Å². The molecule has 0 saturated heterocycles. The molecule has 5 heteroatoms. The van der Waals surface area contributed by atoms with E-state index in [0.717, 1.165) is 22.1 Å². The van der Waals surface area contributed by atoms with E-state index in [9.17, 15) is 4.79 Å². The molecule has 2 aromatic rings. The molecule has 0 atom stereocenters. The Hall–Kier alpha value is -1.49. The summed E-state index contributed by atoms with van der Waals surface area (Å²) >= 11 is 3.52.